The summed E-state index contributed by atoms with van der Waals surface area (Å²) in [5.41, 5.74) is 2.48. The molecule has 27 heavy (non-hydrogen) atoms. The zero-order valence-electron chi connectivity index (χ0n) is 16.0. The molecule has 7 nitrogen and oxygen atoms in total. The maximum Gasteiger partial charge on any atom is 0.314 e. The molecule has 2 aromatic rings. The Morgan fingerprint density at radius 1 is 1.22 bits per heavy atom. The van der Waals surface area contributed by atoms with Gasteiger partial charge in [0.15, 0.2) is 0 Å². The minimum absolute atomic E-state index is 0.211. The van der Waals surface area contributed by atoms with Crippen molar-refractivity contribution in [3.63, 3.8) is 0 Å². The maximum atomic E-state index is 12.5. The molecular formula is C19H24N4O3S. The quantitative estimate of drug-likeness (QED) is 0.787. The number of nitrogens with one attached hydrogen (secondary N) is 2. The lowest BCUT2D eigenvalue weighted by Crippen LogP contribution is -2.37. The smallest absolute Gasteiger partial charge is 0.314 e. The summed E-state index contributed by atoms with van der Waals surface area (Å²) in [4.78, 5) is 24.8. The van der Waals surface area contributed by atoms with E-state index in [9.17, 15) is 9.59 Å². The number of carbonyl (C=O) groups excluding carboxylic acids is 2. The van der Waals surface area contributed by atoms with E-state index in [1.54, 1.807) is 23.6 Å². The van der Waals surface area contributed by atoms with Gasteiger partial charge in [0, 0.05) is 29.2 Å². The molecule has 1 aromatic carbocycles. The van der Waals surface area contributed by atoms with Gasteiger partial charge in [-0.3, -0.25) is 9.59 Å². The number of nitrogens with zero attached hydrogens (tertiary/aromatic N) is 2. The first-order valence-corrected chi connectivity index (χ1v) is 9.87. The van der Waals surface area contributed by atoms with Crippen molar-refractivity contribution in [3.8, 4) is 5.75 Å². The van der Waals surface area contributed by atoms with E-state index in [2.05, 4.69) is 15.7 Å². The van der Waals surface area contributed by atoms with Crippen LogP contribution in [0.15, 0.2) is 24.3 Å². The highest BCUT2D eigenvalue weighted by molar-refractivity contribution is 7.98. The Hall–Kier alpha value is -2.48. The maximum absolute atomic E-state index is 12.5. The number of amides is 2. The van der Waals surface area contributed by atoms with E-state index in [1.165, 1.54) is 0 Å². The van der Waals surface area contributed by atoms with Crippen molar-refractivity contribution >= 4 is 29.4 Å². The van der Waals surface area contributed by atoms with Gasteiger partial charge in [-0.2, -0.15) is 16.9 Å². The van der Waals surface area contributed by atoms with Crippen LogP contribution >= 0.6 is 11.8 Å². The fourth-order valence-corrected chi connectivity index (χ4v) is 3.93. The molecule has 0 atom stereocenters. The Balaban J connectivity index is 1.71. The lowest BCUT2D eigenvalue weighted by molar-refractivity contribution is -0.136. The average molecular weight is 388 g/mol. The lowest BCUT2D eigenvalue weighted by atomic mass is 10.1. The largest absolute Gasteiger partial charge is 0.496 e. The van der Waals surface area contributed by atoms with Gasteiger partial charge in [0.2, 0.25) is 0 Å². The van der Waals surface area contributed by atoms with E-state index < -0.39 is 11.8 Å². The van der Waals surface area contributed by atoms with Crippen molar-refractivity contribution in [3.05, 3.63) is 41.1 Å². The average Bonchev–Trinajstić information content (AvgIpc) is 3.22. The van der Waals surface area contributed by atoms with Crippen LogP contribution in [-0.4, -0.2) is 28.7 Å². The summed E-state index contributed by atoms with van der Waals surface area (Å²) in [7, 11) is 1.57. The Morgan fingerprint density at radius 3 is 2.67 bits per heavy atom. The summed E-state index contributed by atoms with van der Waals surface area (Å²) in [6.45, 7) is 6.25. The minimum Gasteiger partial charge on any atom is -0.496 e. The first-order valence-electron chi connectivity index (χ1n) is 8.71. The van der Waals surface area contributed by atoms with E-state index >= 15 is 0 Å². The van der Waals surface area contributed by atoms with Crippen LogP contribution in [0, 0.1) is 0 Å². The molecule has 0 spiro atoms. The van der Waals surface area contributed by atoms with Crippen molar-refractivity contribution in [2.45, 2.75) is 44.4 Å². The summed E-state index contributed by atoms with van der Waals surface area (Å²) in [5, 5.41) is 10.0. The Bertz CT molecular complexity index is 870. The monoisotopic (exact) mass is 388 g/mol. The van der Waals surface area contributed by atoms with Crippen molar-refractivity contribution in [1.82, 2.24) is 15.1 Å². The minimum atomic E-state index is -0.699. The molecule has 1 aliphatic rings. The predicted octanol–water partition coefficient (Wildman–Crippen LogP) is 2.65. The van der Waals surface area contributed by atoms with Crippen molar-refractivity contribution in [2.24, 2.45) is 0 Å². The van der Waals surface area contributed by atoms with Crippen molar-refractivity contribution < 1.29 is 14.3 Å². The second-order valence-corrected chi connectivity index (χ2v) is 8.28. The molecule has 144 valence electrons. The molecule has 0 unspecified atom stereocenters. The van der Waals surface area contributed by atoms with E-state index in [4.69, 9.17) is 4.74 Å². The summed E-state index contributed by atoms with van der Waals surface area (Å²) >= 11 is 1.75. The molecular weight excluding hydrogens is 364 g/mol. The van der Waals surface area contributed by atoms with Gasteiger partial charge < -0.3 is 15.4 Å². The normalized spacial score (nSPS) is 13.2. The molecule has 1 aliphatic heterocycles. The molecule has 2 amide bonds. The van der Waals surface area contributed by atoms with E-state index in [-0.39, 0.29) is 12.1 Å². The fourth-order valence-electron chi connectivity index (χ4n) is 2.90. The van der Waals surface area contributed by atoms with Crippen LogP contribution in [-0.2, 0) is 33.2 Å². The first-order chi connectivity index (χ1) is 12.8. The van der Waals surface area contributed by atoms with Gasteiger partial charge in [-0.25, -0.2) is 4.68 Å². The Morgan fingerprint density at radius 2 is 1.96 bits per heavy atom. The number of hydrogen-bond donors (Lipinski definition) is 2. The number of carbonyl (C=O) groups is 2. The van der Waals surface area contributed by atoms with Crippen LogP contribution in [0.1, 0.15) is 37.6 Å². The number of ether oxygens (including phenoxy) is 1. The first kappa shape index (κ1) is 19.3. The van der Waals surface area contributed by atoms with E-state index in [0.717, 1.165) is 28.3 Å². The van der Waals surface area contributed by atoms with E-state index in [0.29, 0.717) is 11.6 Å². The summed E-state index contributed by atoms with van der Waals surface area (Å²) in [6.07, 6.45) is 0. The highest BCUT2D eigenvalue weighted by Crippen LogP contribution is 2.37. The van der Waals surface area contributed by atoms with Crippen LogP contribution in [0.3, 0.4) is 0 Å². The van der Waals surface area contributed by atoms with E-state index in [1.807, 2.05) is 45.0 Å². The van der Waals surface area contributed by atoms with Crippen LogP contribution in [0.4, 0.5) is 5.82 Å². The number of rotatable bonds is 4. The third-order valence-electron chi connectivity index (χ3n) is 4.26. The van der Waals surface area contributed by atoms with Gasteiger partial charge in [-0.1, -0.05) is 18.2 Å². The van der Waals surface area contributed by atoms with Crippen LogP contribution < -0.4 is 15.4 Å². The molecule has 2 N–H and O–H groups in total. The molecule has 0 fully saturated rings. The van der Waals surface area contributed by atoms with Crippen LogP contribution in [0.2, 0.25) is 0 Å². The summed E-state index contributed by atoms with van der Waals surface area (Å²) in [6, 6.07) is 7.36. The zero-order valence-corrected chi connectivity index (χ0v) is 16.8. The lowest BCUT2D eigenvalue weighted by Gasteiger charge is -2.23. The van der Waals surface area contributed by atoms with Gasteiger partial charge >= 0.3 is 11.8 Å². The number of para-hydroxylation sites is 1. The summed E-state index contributed by atoms with van der Waals surface area (Å²) < 4.78 is 7.06. The molecule has 3 rings (SSSR count). The Labute approximate surface area is 162 Å². The second kappa shape index (κ2) is 7.64. The fraction of sp³-hybridized carbons (Fsp3) is 0.421. The van der Waals surface area contributed by atoms with Gasteiger partial charge in [0.25, 0.3) is 0 Å². The third-order valence-corrected chi connectivity index (χ3v) is 5.23. The molecule has 0 saturated carbocycles. The number of anilines is 1. The number of methoxy groups -OCH3 is 1. The summed E-state index contributed by atoms with van der Waals surface area (Å²) in [5.74, 6) is 1.49. The molecule has 0 saturated heterocycles. The number of thioether (sulfide) groups is 1. The molecule has 0 radical (unpaired) electrons. The zero-order chi connectivity index (χ0) is 19.6. The standard InChI is InChI=1S/C19H24N4O3S/c1-19(2,3)23-16(13-10-27-11-14(13)22-23)21-18(25)17(24)20-9-12-7-5-6-8-15(12)26-4/h5-8H,9-11H2,1-4H3,(H,20,24)(H,21,25). The van der Waals surface area contributed by atoms with Crippen molar-refractivity contribution in [2.75, 3.05) is 12.4 Å². The number of aromatic nitrogens is 2. The van der Waals surface area contributed by atoms with Gasteiger partial charge in [0.05, 0.1) is 18.3 Å². The highest BCUT2D eigenvalue weighted by atomic mass is 32.2. The van der Waals surface area contributed by atoms with Crippen LogP contribution in [0.25, 0.3) is 0 Å². The molecule has 1 aromatic heterocycles. The SMILES string of the molecule is COc1ccccc1CNC(=O)C(=O)Nc1c2c(nn1C(C)(C)C)CSC2. The topological polar surface area (TPSA) is 85.2 Å². The van der Waals surface area contributed by atoms with Gasteiger partial charge in [-0.05, 0) is 26.8 Å². The molecule has 8 heteroatoms. The third kappa shape index (κ3) is 4.10. The molecule has 0 aliphatic carbocycles. The predicted molar refractivity (Wildman–Crippen MR) is 106 cm³/mol. The number of hydrogen-bond acceptors (Lipinski definition) is 5. The second-order valence-electron chi connectivity index (χ2n) is 7.30. The number of benzene rings is 1. The Kier molecular flexibility index (Phi) is 5.46. The van der Waals surface area contributed by atoms with Crippen LogP contribution in [0.5, 0.6) is 5.75 Å². The van der Waals surface area contributed by atoms with Gasteiger partial charge in [0.1, 0.15) is 11.6 Å². The highest BCUT2D eigenvalue weighted by Gasteiger charge is 2.29. The molecule has 2 heterocycles. The van der Waals surface area contributed by atoms with Crippen molar-refractivity contribution in [1.29, 1.82) is 0 Å². The van der Waals surface area contributed by atoms with Gasteiger partial charge in [-0.15, -0.1) is 0 Å². The molecule has 0 bridgehead atoms. The number of fused-ring (bicyclic) bond motifs is 1.